The van der Waals surface area contributed by atoms with Gasteiger partial charge in [0.2, 0.25) is 0 Å². The van der Waals surface area contributed by atoms with Crippen LogP contribution < -0.4 is 5.32 Å². The molecule has 1 unspecified atom stereocenters. The molecule has 1 aromatic carbocycles. The van der Waals surface area contributed by atoms with Gasteiger partial charge in [-0.1, -0.05) is 19.1 Å². The molecule has 1 amide bonds. The number of benzene rings is 1. The summed E-state index contributed by atoms with van der Waals surface area (Å²) in [4.78, 5) is 30.7. The highest BCUT2D eigenvalue weighted by molar-refractivity contribution is 5.95. The molecule has 3 rings (SSSR count). The van der Waals surface area contributed by atoms with E-state index in [0.717, 1.165) is 37.2 Å². The van der Waals surface area contributed by atoms with E-state index in [4.69, 9.17) is 0 Å². The van der Waals surface area contributed by atoms with Crippen LogP contribution in [0.15, 0.2) is 42.6 Å². The predicted molar refractivity (Wildman–Crippen MR) is 103 cm³/mol. The molecule has 0 radical (unpaired) electrons. The molecule has 0 saturated carbocycles. The second-order valence-electron chi connectivity index (χ2n) is 6.75. The summed E-state index contributed by atoms with van der Waals surface area (Å²) in [7, 11) is 0. The van der Waals surface area contributed by atoms with Crippen LogP contribution in [-0.4, -0.2) is 34.2 Å². The Hall–Kier alpha value is -2.69. The number of nitrogens with zero attached hydrogens (tertiary/aromatic N) is 2. The van der Waals surface area contributed by atoms with Gasteiger partial charge in [-0.2, -0.15) is 0 Å². The molecule has 1 aliphatic heterocycles. The molecule has 5 heteroatoms. The summed E-state index contributed by atoms with van der Waals surface area (Å²) >= 11 is 0. The fraction of sp³-hybridized carbons (Fsp3) is 0.381. The van der Waals surface area contributed by atoms with Gasteiger partial charge in [0.1, 0.15) is 5.69 Å². The fourth-order valence-electron chi connectivity index (χ4n) is 3.45. The minimum atomic E-state index is -0.00214. The highest BCUT2D eigenvalue weighted by atomic mass is 16.2. The van der Waals surface area contributed by atoms with Crippen LogP contribution in [0.3, 0.4) is 0 Å². The topological polar surface area (TPSA) is 62.3 Å². The predicted octanol–water partition coefficient (Wildman–Crippen LogP) is 4.43. The minimum Gasteiger partial charge on any atom is -0.355 e. The normalized spacial score (nSPS) is 17.0. The van der Waals surface area contributed by atoms with E-state index in [0.29, 0.717) is 17.3 Å². The number of pyridine rings is 1. The van der Waals surface area contributed by atoms with Gasteiger partial charge < -0.3 is 10.2 Å². The van der Waals surface area contributed by atoms with Crippen molar-refractivity contribution < 1.29 is 9.59 Å². The molecular formula is C21H25N3O2. The number of hydrogen-bond donors (Lipinski definition) is 1. The maximum atomic E-state index is 12.9. The zero-order valence-corrected chi connectivity index (χ0v) is 15.4. The molecule has 26 heavy (non-hydrogen) atoms. The van der Waals surface area contributed by atoms with Crippen LogP contribution in [-0.2, 0) is 0 Å². The second-order valence-corrected chi connectivity index (χ2v) is 6.75. The van der Waals surface area contributed by atoms with Gasteiger partial charge in [0.25, 0.3) is 5.91 Å². The number of likely N-dealkylation sites (tertiary alicyclic amines) is 1. The zero-order chi connectivity index (χ0) is 18.5. The molecule has 136 valence electrons. The van der Waals surface area contributed by atoms with Crippen molar-refractivity contribution in [1.82, 2.24) is 9.88 Å². The van der Waals surface area contributed by atoms with Crippen molar-refractivity contribution in [3.05, 3.63) is 53.9 Å². The van der Waals surface area contributed by atoms with Gasteiger partial charge in [-0.3, -0.25) is 14.6 Å². The summed E-state index contributed by atoms with van der Waals surface area (Å²) in [5, 5.41) is 3.26. The smallest absolute Gasteiger partial charge is 0.272 e. The first-order chi connectivity index (χ1) is 12.6. The van der Waals surface area contributed by atoms with Crippen LogP contribution in [0.4, 0.5) is 11.4 Å². The maximum Gasteiger partial charge on any atom is 0.272 e. The highest BCUT2D eigenvalue weighted by Gasteiger charge is 2.26. The maximum absolute atomic E-state index is 12.9. The lowest BCUT2D eigenvalue weighted by atomic mass is 9.99. The lowest BCUT2D eigenvalue weighted by Gasteiger charge is -2.35. The Morgan fingerprint density at radius 2 is 2.00 bits per heavy atom. The Balaban J connectivity index is 1.78. The summed E-state index contributed by atoms with van der Waals surface area (Å²) < 4.78 is 0. The second kappa shape index (κ2) is 8.13. The highest BCUT2D eigenvalue weighted by Crippen LogP contribution is 2.23. The van der Waals surface area contributed by atoms with E-state index in [9.17, 15) is 9.59 Å². The molecule has 1 saturated heterocycles. The lowest BCUT2D eigenvalue weighted by Crippen LogP contribution is -2.43. The summed E-state index contributed by atoms with van der Waals surface area (Å²) in [5.41, 5.74) is 2.71. The minimum absolute atomic E-state index is 0.00214. The van der Waals surface area contributed by atoms with Crippen LogP contribution in [0.2, 0.25) is 0 Å². The molecule has 2 heterocycles. The van der Waals surface area contributed by atoms with Crippen molar-refractivity contribution in [3.8, 4) is 0 Å². The molecule has 0 aliphatic carbocycles. The Labute approximate surface area is 154 Å². The van der Waals surface area contributed by atoms with E-state index >= 15 is 0 Å². The van der Waals surface area contributed by atoms with Crippen molar-refractivity contribution in [3.63, 3.8) is 0 Å². The molecular weight excluding hydrogens is 326 g/mol. The molecule has 0 bridgehead atoms. The summed E-state index contributed by atoms with van der Waals surface area (Å²) in [6.45, 7) is 4.48. The molecule has 1 N–H and O–H groups in total. The van der Waals surface area contributed by atoms with Crippen molar-refractivity contribution >= 4 is 23.1 Å². The zero-order valence-electron chi connectivity index (χ0n) is 15.4. The Morgan fingerprint density at radius 3 is 2.77 bits per heavy atom. The number of piperidine rings is 1. The first kappa shape index (κ1) is 18.1. The van der Waals surface area contributed by atoms with Crippen molar-refractivity contribution in [2.24, 2.45) is 0 Å². The van der Waals surface area contributed by atoms with Gasteiger partial charge in [-0.15, -0.1) is 0 Å². The molecule has 1 aliphatic rings. The van der Waals surface area contributed by atoms with Crippen molar-refractivity contribution in [2.45, 2.75) is 45.6 Å². The van der Waals surface area contributed by atoms with Crippen molar-refractivity contribution in [2.75, 3.05) is 11.9 Å². The number of Topliss-reactive ketones (excluding diaryl/α,β-unsaturated/α-hetero) is 1. The number of nitrogens with one attached hydrogen (secondary N) is 1. The van der Waals surface area contributed by atoms with E-state index in [2.05, 4.69) is 17.2 Å². The Kier molecular flexibility index (Phi) is 5.66. The van der Waals surface area contributed by atoms with Gasteiger partial charge in [-0.25, -0.2) is 0 Å². The first-order valence-electron chi connectivity index (χ1n) is 9.23. The third kappa shape index (κ3) is 4.10. The third-order valence-corrected chi connectivity index (χ3v) is 4.90. The number of anilines is 2. The summed E-state index contributed by atoms with van der Waals surface area (Å²) in [6, 6.07) is 11.2. The van der Waals surface area contributed by atoms with Gasteiger partial charge in [0.15, 0.2) is 5.78 Å². The molecule has 0 spiro atoms. The Morgan fingerprint density at radius 1 is 1.19 bits per heavy atom. The quantitative estimate of drug-likeness (QED) is 0.809. The molecule has 5 nitrogen and oxygen atoms in total. The van der Waals surface area contributed by atoms with Crippen molar-refractivity contribution in [1.29, 1.82) is 0 Å². The summed E-state index contributed by atoms with van der Waals surface area (Å²) in [5.74, 6) is 0.0210. The average Bonchev–Trinajstić information content (AvgIpc) is 2.67. The van der Waals surface area contributed by atoms with E-state index in [1.807, 2.05) is 29.2 Å². The van der Waals surface area contributed by atoms with Crippen LogP contribution in [0.25, 0.3) is 0 Å². The van der Waals surface area contributed by atoms with Gasteiger partial charge >= 0.3 is 0 Å². The average molecular weight is 351 g/mol. The monoisotopic (exact) mass is 351 g/mol. The SMILES string of the molecule is CCC1CCCCN1C(=O)c1cc(Nc2cccc(C(C)=O)c2)ccn1. The number of rotatable bonds is 5. The third-order valence-electron chi connectivity index (χ3n) is 4.90. The number of carbonyl (C=O) groups is 2. The van der Waals surface area contributed by atoms with Gasteiger partial charge in [0.05, 0.1) is 0 Å². The van der Waals surface area contributed by atoms with Gasteiger partial charge in [-0.05, 0) is 56.9 Å². The first-order valence-corrected chi connectivity index (χ1v) is 9.23. The summed E-state index contributed by atoms with van der Waals surface area (Å²) in [6.07, 6.45) is 5.93. The number of carbonyl (C=O) groups excluding carboxylic acids is 2. The number of ketones is 1. The van der Waals surface area contributed by atoms with Gasteiger partial charge in [0, 0.05) is 35.7 Å². The largest absolute Gasteiger partial charge is 0.355 e. The molecule has 1 fully saturated rings. The molecule has 1 aromatic heterocycles. The number of hydrogen-bond acceptors (Lipinski definition) is 4. The molecule has 2 aromatic rings. The number of amides is 1. The van der Waals surface area contributed by atoms with Crippen LogP contribution in [0, 0.1) is 0 Å². The lowest BCUT2D eigenvalue weighted by molar-refractivity contribution is 0.0602. The number of aromatic nitrogens is 1. The molecule has 1 atom stereocenters. The van der Waals surface area contributed by atoms with Crippen LogP contribution in [0.1, 0.15) is 60.4 Å². The fourth-order valence-corrected chi connectivity index (χ4v) is 3.45. The van der Waals surface area contributed by atoms with E-state index in [-0.39, 0.29) is 11.7 Å². The van der Waals surface area contributed by atoms with E-state index in [1.165, 1.54) is 6.42 Å². The van der Waals surface area contributed by atoms with E-state index in [1.54, 1.807) is 25.3 Å². The van der Waals surface area contributed by atoms with Crippen LogP contribution in [0.5, 0.6) is 0 Å². The standard InChI is InChI=1S/C21H25N3O2/c1-3-19-9-4-5-12-24(19)21(26)20-14-18(10-11-22-20)23-17-8-6-7-16(13-17)15(2)25/h6-8,10-11,13-14,19H,3-5,9,12H2,1-2H3,(H,22,23). The van der Waals surface area contributed by atoms with Crippen LogP contribution >= 0.6 is 0 Å². The van der Waals surface area contributed by atoms with E-state index < -0.39 is 0 Å². The Bertz CT molecular complexity index is 803.